The highest BCUT2D eigenvalue weighted by atomic mass is 16.6. The summed E-state index contributed by atoms with van der Waals surface area (Å²) in [7, 11) is 0. The number of esters is 1. The highest BCUT2D eigenvalue weighted by Gasteiger charge is 2.16. The fourth-order valence-electron chi connectivity index (χ4n) is 0.814. The Morgan fingerprint density at radius 2 is 1.87 bits per heavy atom. The molecule has 0 saturated heterocycles. The molecule has 1 unspecified atom stereocenters. The summed E-state index contributed by atoms with van der Waals surface area (Å²) in [6.07, 6.45) is 0.932. The maximum atomic E-state index is 11.2. The molecule has 90 valence electrons. The first-order chi connectivity index (χ1) is 6.85. The van der Waals surface area contributed by atoms with E-state index in [0.29, 0.717) is 19.4 Å². The Kier molecular flexibility index (Phi) is 9.21. The molecule has 0 aromatic heterocycles. The second-order valence-electron chi connectivity index (χ2n) is 4.12. The fraction of sp³-hybridized carbons (Fsp3) is 0.800. The van der Waals surface area contributed by atoms with E-state index in [1.165, 1.54) is 0 Å². The molecule has 0 bridgehead atoms. The number of hydrogen-bond donors (Lipinski definition) is 2. The van der Waals surface area contributed by atoms with Gasteiger partial charge in [-0.1, -0.05) is 0 Å². The molecule has 15 heavy (non-hydrogen) atoms. The Bertz CT molecular complexity index is 178. The molecule has 0 radical (unpaired) electrons. The molecule has 4 N–H and O–H groups in total. The van der Waals surface area contributed by atoms with E-state index in [2.05, 4.69) is 0 Å². The van der Waals surface area contributed by atoms with E-state index in [-0.39, 0.29) is 12.0 Å². The van der Waals surface area contributed by atoms with Gasteiger partial charge in [0, 0.05) is 19.0 Å². The molecule has 0 fully saturated rings. The number of rotatable bonds is 4. The van der Waals surface area contributed by atoms with Crippen molar-refractivity contribution in [1.82, 2.24) is 0 Å². The third-order valence-corrected chi connectivity index (χ3v) is 1.44. The molecule has 0 spiro atoms. The average molecular weight is 218 g/mol. The van der Waals surface area contributed by atoms with Gasteiger partial charge in [-0.3, -0.25) is 4.79 Å². The zero-order valence-electron chi connectivity index (χ0n) is 9.79. The average Bonchev–Trinajstić information content (AvgIpc) is 2.14. The van der Waals surface area contributed by atoms with E-state index >= 15 is 0 Å². The summed E-state index contributed by atoms with van der Waals surface area (Å²) in [6.45, 7) is 7.93. The number of nitrogens with two attached hydrogens (primary N) is 2. The van der Waals surface area contributed by atoms with Gasteiger partial charge < -0.3 is 21.0 Å². The molecule has 0 heterocycles. The van der Waals surface area contributed by atoms with Gasteiger partial charge >= 0.3 is 5.97 Å². The largest absolute Gasteiger partial charge is 0.460 e. The minimum absolute atomic E-state index is 0.104. The first kappa shape index (κ1) is 16.5. The first-order valence-electron chi connectivity index (χ1n) is 4.81. The smallest absolute Gasteiger partial charge is 0.306 e. The van der Waals surface area contributed by atoms with Crippen LogP contribution >= 0.6 is 0 Å². The first-order valence-corrected chi connectivity index (χ1v) is 4.81. The van der Waals surface area contributed by atoms with Crippen LogP contribution in [0.25, 0.3) is 0 Å². The highest BCUT2D eigenvalue weighted by Crippen LogP contribution is 2.09. The third-order valence-electron chi connectivity index (χ3n) is 1.44. The van der Waals surface area contributed by atoms with E-state index in [1.54, 1.807) is 0 Å². The van der Waals surface area contributed by atoms with Crippen molar-refractivity contribution >= 4 is 12.8 Å². The van der Waals surface area contributed by atoms with Crippen LogP contribution in [0.15, 0.2) is 0 Å². The number of ether oxygens (including phenoxy) is 1. The minimum Gasteiger partial charge on any atom is -0.460 e. The quantitative estimate of drug-likeness (QED) is 0.658. The molecule has 0 saturated carbocycles. The molecule has 5 heteroatoms. The van der Waals surface area contributed by atoms with Crippen LogP contribution in [0.4, 0.5) is 0 Å². The van der Waals surface area contributed by atoms with Gasteiger partial charge in [0.1, 0.15) is 12.4 Å². The van der Waals surface area contributed by atoms with Crippen molar-refractivity contribution in [3.05, 3.63) is 0 Å². The van der Waals surface area contributed by atoms with Gasteiger partial charge in [0.25, 0.3) is 0 Å². The van der Waals surface area contributed by atoms with Crippen LogP contribution in [0.3, 0.4) is 0 Å². The van der Waals surface area contributed by atoms with Crippen molar-refractivity contribution in [1.29, 1.82) is 0 Å². The fourth-order valence-corrected chi connectivity index (χ4v) is 0.814. The van der Waals surface area contributed by atoms with Crippen LogP contribution in [0.5, 0.6) is 0 Å². The van der Waals surface area contributed by atoms with Gasteiger partial charge in [0.15, 0.2) is 0 Å². The van der Waals surface area contributed by atoms with Crippen molar-refractivity contribution < 1.29 is 14.3 Å². The summed E-state index contributed by atoms with van der Waals surface area (Å²) in [5, 5.41) is 0. The lowest BCUT2D eigenvalue weighted by Crippen LogP contribution is -2.31. The van der Waals surface area contributed by atoms with Crippen LogP contribution in [-0.2, 0) is 14.3 Å². The number of carbonyl (C=O) groups excluding carboxylic acids is 2. The zero-order chi connectivity index (χ0) is 12.5. The SMILES string of the molecule is C=O.CC(C)(C)OC(=O)CCC(N)CN. The molecule has 1 atom stereocenters. The molecular weight excluding hydrogens is 196 g/mol. The van der Waals surface area contributed by atoms with Gasteiger partial charge in [-0.2, -0.15) is 0 Å². The summed E-state index contributed by atoms with van der Waals surface area (Å²) in [5.74, 6) is -0.212. The molecule has 0 aromatic carbocycles. The second-order valence-corrected chi connectivity index (χ2v) is 4.12. The maximum absolute atomic E-state index is 11.2. The number of hydrogen-bond acceptors (Lipinski definition) is 5. The Morgan fingerprint density at radius 1 is 1.40 bits per heavy atom. The standard InChI is InChI=1S/C9H20N2O2.CH2O/c1-9(2,3)13-8(12)5-4-7(11)6-10;1-2/h7H,4-6,10-11H2,1-3H3;1H2. The van der Waals surface area contributed by atoms with E-state index in [0.717, 1.165) is 0 Å². The molecule has 0 aliphatic carbocycles. The van der Waals surface area contributed by atoms with E-state index in [4.69, 9.17) is 21.0 Å². The van der Waals surface area contributed by atoms with E-state index in [1.807, 2.05) is 27.6 Å². The summed E-state index contributed by atoms with van der Waals surface area (Å²) in [4.78, 5) is 19.2. The lowest BCUT2D eigenvalue weighted by Gasteiger charge is -2.19. The summed E-state index contributed by atoms with van der Waals surface area (Å²) < 4.78 is 5.10. The van der Waals surface area contributed by atoms with Crippen molar-refractivity contribution in [2.45, 2.75) is 45.3 Å². The summed E-state index contributed by atoms with van der Waals surface area (Å²) in [5.41, 5.74) is 10.4. The monoisotopic (exact) mass is 218 g/mol. The van der Waals surface area contributed by atoms with Crippen LogP contribution < -0.4 is 11.5 Å². The second kappa shape index (κ2) is 8.38. The summed E-state index contributed by atoms with van der Waals surface area (Å²) >= 11 is 0. The van der Waals surface area contributed by atoms with Crippen LogP contribution in [0, 0.1) is 0 Å². The predicted octanol–water partition coefficient (Wildman–Crippen LogP) is 0.209. The molecular formula is C10H22N2O3. The lowest BCUT2D eigenvalue weighted by atomic mass is 10.1. The molecule has 0 amide bonds. The molecule has 5 nitrogen and oxygen atoms in total. The van der Waals surface area contributed by atoms with Crippen molar-refractivity contribution in [2.24, 2.45) is 11.5 Å². The van der Waals surface area contributed by atoms with Gasteiger partial charge in [-0.05, 0) is 27.2 Å². The molecule has 0 rings (SSSR count). The van der Waals surface area contributed by atoms with Crippen molar-refractivity contribution in [3.63, 3.8) is 0 Å². The Morgan fingerprint density at radius 3 is 2.20 bits per heavy atom. The predicted molar refractivity (Wildman–Crippen MR) is 59.2 cm³/mol. The van der Waals surface area contributed by atoms with Gasteiger partial charge in [-0.15, -0.1) is 0 Å². The maximum Gasteiger partial charge on any atom is 0.306 e. The normalized spacial score (nSPS) is 12.3. The van der Waals surface area contributed by atoms with Crippen molar-refractivity contribution in [2.75, 3.05) is 6.54 Å². The van der Waals surface area contributed by atoms with E-state index < -0.39 is 5.60 Å². The van der Waals surface area contributed by atoms with Gasteiger partial charge in [-0.25, -0.2) is 0 Å². The van der Waals surface area contributed by atoms with Crippen LogP contribution in [-0.4, -0.2) is 30.9 Å². The third kappa shape index (κ3) is 13.1. The van der Waals surface area contributed by atoms with Crippen LogP contribution in [0.1, 0.15) is 33.6 Å². The van der Waals surface area contributed by atoms with Crippen LogP contribution in [0.2, 0.25) is 0 Å². The highest BCUT2D eigenvalue weighted by molar-refractivity contribution is 5.69. The Balaban J connectivity index is 0. The minimum atomic E-state index is -0.413. The zero-order valence-corrected chi connectivity index (χ0v) is 9.79. The summed E-state index contributed by atoms with van der Waals surface area (Å²) in [6, 6.07) is -0.104. The van der Waals surface area contributed by atoms with E-state index in [9.17, 15) is 4.79 Å². The van der Waals surface area contributed by atoms with Gasteiger partial charge in [0.05, 0.1) is 0 Å². The Hall–Kier alpha value is -0.940. The molecule has 0 aliphatic rings. The molecule has 0 aliphatic heterocycles. The van der Waals surface area contributed by atoms with Crippen molar-refractivity contribution in [3.8, 4) is 0 Å². The topological polar surface area (TPSA) is 95.4 Å². The molecule has 0 aromatic rings. The lowest BCUT2D eigenvalue weighted by molar-refractivity contribution is -0.155. The number of carbonyl (C=O) groups is 2. The van der Waals surface area contributed by atoms with Gasteiger partial charge in [0.2, 0.25) is 0 Å². The Labute approximate surface area is 91.1 Å².